The molecule has 3 rings (SSSR count). The van der Waals surface area contributed by atoms with Crippen molar-refractivity contribution in [2.45, 2.75) is 33.5 Å². The normalized spacial score (nSPS) is 11.3. The Labute approximate surface area is 125 Å². The fourth-order valence-electron chi connectivity index (χ4n) is 2.70. The fourth-order valence-corrected chi connectivity index (χ4v) is 2.70. The van der Waals surface area contributed by atoms with Crippen LogP contribution in [0.5, 0.6) is 0 Å². The summed E-state index contributed by atoms with van der Waals surface area (Å²) in [7, 11) is 0. The van der Waals surface area contributed by atoms with E-state index in [4.69, 9.17) is 0 Å². The van der Waals surface area contributed by atoms with Crippen molar-refractivity contribution in [1.82, 2.24) is 19.7 Å². The van der Waals surface area contributed by atoms with E-state index in [1.165, 1.54) is 22.2 Å². The van der Waals surface area contributed by atoms with Crippen LogP contribution in [0.25, 0.3) is 10.9 Å². The predicted molar refractivity (Wildman–Crippen MR) is 86.3 cm³/mol. The highest BCUT2D eigenvalue weighted by Gasteiger charge is 2.09. The highest BCUT2D eigenvalue weighted by atomic mass is 15.3. The summed E-state index contributed by atoms with van der Waals surface area (Å²) < 4.78 is 4.36. The lowest BCUT2D eigenvalue weighted by atomic mass is 10.2. The quantitative estimate of drug-likeness (QED) is 0.754. The maximum absolute atomic E-state index is 4.37. The van der Waals surface area contributed by atoms with Gasteiger partial charge in [-0.3, -0.25) is 4.68 Å². The van der Waals surface area contributed by atoms with E-state index in [-0.39, 0.29) is 0 Å². The van der Waals surface area contributed by atoms with Crippen LogP contribution in [-0.2, 0) is 19.6 Å². The largest absolute Gasteiger partial charge is 0.339 e. The second kappa shape index (κ2) is 6.14. The summed E-state index contributed by atoms with van der Waals surface area (Å²) in [6.45, 7) is 7.91. The number of nitrogens with zero attached hydrogens (tertiary/aromatic N) is 3. The zero-order valence-electron chi connectivity index (χ0n) is 12.7. The van der Waals surface area contributed by atoms with Crippen LogP contribution in [0, 0.1) is 0 Å². The summed E-state index contributed by atoms with van der Waals surface area (Å²) in [5.74, 6) is 0. The number of hydrogen-bond donors (Lipinski definition) is 1. The number of nitrogens with one attached hydrogen (secondary N) is 1. The SMILES string of the molecule is CCNCc1cc2ccccc2n1Cc1cnn(CC)c1. The molecular formula is C17H22N4. The highest BCUT2D eigenvalue weighted by Crippen LogP contribution is 2.21. The van der Waals surface area contributed by atoms with Crippen molar-refractivity contribution in [2.24, 2.45) is 0 Å². The topological polar surface area (TPSA) is 34.8 Å². The molecule has 0 atom stereocenters. The van der Waals surface area contributed by atoms with Gasteiger partial charge in [0.2, 0.25) is 0 Å². The minimum atomic E-state index is 0.869. The summed E-state index contributed by atoms with van der Waals surface area (Å²) in [5, 5.41) is 9.10. The van der Waals surface area contributed by atoms with Crippen LogP contribution in [-0.4, -0.2) is 20.9 Å². The Balaban J connectivity index is 1.97. The third-order valence-corrected chi connectivity index (χ3v) is 3.80. The summed E-state index contributed by atoms with van der Waals surface area (Å²) in [5.41, 5.74) is 3.85. The predicted octanol–water partition coefficient (Wildman–Crippen LogP) is 3.02. The monoisotopic (exact) mass is 282 g/mol. The van der Waals surface area contributed by atoms with Crippen molar-refractivity contribution in [2.75, 3.05) is 6.54 Å². The van der Waals surface area contributed by atoms with Crippen LogP contribution in [0.3, 0.4) is 0 Å². The Morgan fingerprint density at radius 3 is 2.81 bits per heavy atom. The lowest BCUT2D eigenvalue weighted by Gasteiger charge is -2.10. The minimum Gasteiger partial charge on any atom is -0.339 e. The molecule has 4 nitrogen and oxygen atoms in total. The number of benzene rings is 1. The minimum absolute atomic E-state index is 0.869. The number of aromatic nitrogens is 3. The zero-order valence-corrected chi connectivity index (χ0v) is 12.7. The van der Waals surface area contributed by atoms with Gasteiger partial charge in [0, 0.05) is 36.1 Å². The Morgan fingerprint density at radius 1 is 1.19 bits per heavy atom. The van der Waals surface area contributed by atoms with Gasteiger partial charge in [-0.05, 0) is 31.0 Å². The van der Waals surface area contributed by atoms with Gasteiger partial charge in [0.25, 0.3) is 0 Å². The molecule has 4 heteroatoms. The number of hydrogen-bond acceptors (Lipinski definition) is 2. The Kier molecular flexibility index (Phi) is 4.06. The molecule has 2 heterocycles. The molecule has 0 aliphatic heterocycles. The van der Waals surface area contributed by atoms with Gasteiger partial charge in [0.1, 0.15) is 0 Å². The van der Waals surface area contributed by atoms with Crippen molar-refractivity contribution in [3.05, 3.63) is 54.0 Å². The molecule has 0 aliphatic rings. The number of aryl methyl sites for hydroxylation is 1. The van der Waals surface area contributed by atoms with Crippen molar-refractivity contribution >= 4 is 10.9 Å². The van der Waals surface area contributed by atoms with Crippen molar-refractivity contribution in [1.29, 1.82) is 0 Å². The van der Waals surface area contributed by atoms with Gasteiger partial charge in [-0.1, -0.05) is 25.1 Å². The Morgan fingerprint density at radius 2 is 2.05 bits per heavy atom. The molecule has 0 fully saturated rings. The molecular weight excluding hydrogens is 260 g/mol. The van der Waals surface area contributed by atoms with Crippen molar-refractivity contribution in [3.8, 4) is 0 Å². The van der Waals surface area contributed by atoms with Crippen LogP contribution in [0.1, 0.15) is 25.1 Å². The molecule has 0 amide bonds. The van der Waals surface area contributed by atoms with Crippen LogP contribution in [0.15, 0.2) is 42.7 Å². The molecule has 110 valence electrons. The molecule has 2 aromatic heterocycles. The molecule has 0 bridgehead atoms. The first-order chi connectivity index (χ1) is 10.3. The Bertz CT molecular complexity index is 723. The standard InChI is InChI=1S/C17H22N4/c1-3-18-11-16-9-15-7-5-6-8-17(15)21(16)13-14-10-19-20(4-2)12-14/h5-10,12,18H,3-4,11,13H2,1-2H3. The van der Waals surface area contributed by atoms with Gasteiger partial charge >= 0.3 is 0 Å². The molecule has 1 aromatic carbocycles. The van der Waals surface area contributed by atoms with E-state index in [1.807, 2.05) is 10.9 Å². The van der Waals surface area contributed by atoms with Gasteiger partial charge < -0.3 is 9.88 Å². The van der Waals surface area contributed by atoms with E-state index in [0.717, 1.165) is 26.2 Å². The first-order valence-corrected chi connectivity index (χ1v) is 7.61. The van der Waals surface area contributed by atoms with Crippen molar-refractivity contribution in [3.63, 3.8) is 0 Å². The molecule has 0 aliphatic carbocycles. The Hall–Kier alpha value is -2.07. The number of rotatable bonds is 6. The smallest absolute Gasteiger partial charge is 0.0539 e. The second-order valence-electron chi connectivity index (χ2n) is 5.27. The van der Waals surface area contributed by atoms with Crippen molar-refractivity contribution < 1.29 is 0 Å². The third kappa shape index (κ3) is 2.85. The van der Waals surface area contributed by atoms with Gasteiger partial charge in [-0.25, -0.2) is 0 Å². The summed E-state index contributed by atoms with van der Waals surface area (Å²) >= 11 is 0. The maximum Gasteiger partial charge on any atom is 0.0539 e. The lowest BCUT2D eigenvalue weighted by molar-refractivity contribution is 0.654. The second-order valence-corrected chi connectivity index (χ2v) is 5.27. The van der Waals surface area contributed by atoms with Gasteiger partial charge in [-0.15, -0.1) is 0 Å². The zero-order chi connectivity index (χ0) is 14.7. The maximum atomic E-state index is 4.37. The lowest BCUT2D eigenvalue weighted by Crippen LogP contribution is -2.15. The first-order valence-electron chi connectivity index (χ1n) is 7.61. The van der Waals surface area contributed by atoms with Gasteiger partial charge in [-0.2, -0.15) is 5.10 Å². The first kappa shape index (κ1) is 13.9. The number of para-hydroxylation sites is 1. The van der Waals surface area contributed by atoms with E-state index in [9.17, 15) is 0 Å². The summed E-state index contributed by atoms with van der Waals surface area (Å²) in [6, 6.07) is 10.8. The van der Waals surface area contributed by atoms with Gasteiger partial charge in [0.05, 0.1) is 12.7 Å². The summed E-state index contributed by atoms with van der Waals surface area (Å²) in [6.07, 6.45) is 4.10. The van der Waals surface area contributed by atoms with E-state index in [0.29, 0.717) is 0 Å². The van der Waals surface area contributed by atoms with Gasteiger partial charge in [0.15, 0.2) is 0 Å². The fraction of sp³-hybridized carbons (Fsp3) is 0.353. The highest BCUT2D eigenvalue weighted by molar-refractivity contribution is 5.81. The van der Waals surface area contributed by atoms with E-state index in [1.54, 1.807) is 0 Å². The molecule has 0 radical (unpaired) electrons. The van der Waals surface area contributed by atoms with E-state index in [2.05, 4.69) is 65.4 Å². The van der Waals surface area contributed by atoms with E-state index < -0.39 is 0 Å². The molecule has 3 aromatic rings. The average molecular weight is 282 g/mol. The molecule has 21 heavy (non-hydrogen) atoms. The average Bonchev–Trinajstić information content (AvgIpc) is 3.11. The molecule has 0 saturated carbocycles. The third-order valence-electron chi connectivity index (χ3n) is 3.80. The molecule has 0 spiro atoms. The molecule has 0 unspecified atom stereocenters. The van der Waals surface area contributed by atoms with E-state index >= 15 is 0 Å². The van der Waals surface area contributed by atoms with Crippen LogP contribution in [0.4, 0.5) is 0 Å². The van der Waals surface area contributed by atoms with Crippen LogP contribution >= 0.6 is 0 Å². The summed E-state index contributed by atoms with van der Waals surface area (Å²) in [4.78, 5) is 0. The van der Waals surface area contributed by atoms with Crippen LogP contribution in [0.2, 0.25) is 0 Å². The molecule has 0 saturated heterocycles. The number of fused-ring (bicyclic) bond motifs is 1. The molecule has 1 N–H and O–H groups in total. The van der Waals surface area contributed by atoms with Crippen LogP contribution < -0.4 is 5.32 Å².